The quantitative estimate of drug-likeness (QED) is 0.744. The van der Waals surface area contributed by atoms with Crippen LogP contribution < -0.4 is 10.1 Å². The molecule has 2 heterocycles. The van der Waals surface area contributed by atoms with E-state index in [1.165, 1.54) is 0 Å². The highest BCUT2D eigenvalue weighted by molar-refractivity contribution is 5.94. The lowest BCUT2D eigenvalue weighted by Crippen LogP contribution is -2.25. The number of carbonyl (C=O) groups is 1. The molecular formula is C9H13N3O2. The third-order valence-corrected chi connectivity index (χ3v) is 2.30. The fourth-order valence-electron chi connectivity index (χ4n) is 1.53. The summed E-state index contributed by atoms with van der Waals surface area (Å²) in [5.74, 6) is 0.518. The third-order valence-electron chi connectivity index (χ3n) is 2.30. The van der Waals surface area contributed by atoms with Gasteiger partial charge in [-0.25, -0.2) is 5.10 Å². The summed E-state index contributed by atoms with van der Waals surface area (Å²) in [7, 11) is 0. The molecule has 76 valence electrons. The molecule has 1 amide bonds. The molecule has 14 heavy (non-hydrogen) atoms. The Morgan fingerprint density at radius 2 is 2.57 bits per heavy atom. The summed E-state index contributed by atoms with van der Waals surface area (Å²) >= 11 is 0. The van der Waals surface area contributed by atoms with Crippen molar-refractivity contribution >= 4 is 11.6 Å². The summed E-state index contributed by atoms with van der Waals surface area (Å²) in [6, 6.07) is 0. The van der Waals surface area contributed by atoms with Crippen LogP contribution in [0, 0.1) is 5.92 Å². The van der Waals surface area contributed by atoms with Gasteiger partial charge in [-0.05, 0) is 6.42 Å². The van der Waals surface area contributed by atoms with Crippen LogP contribution in [0.5, 0.6) is 5.88 Å². The van der Waals surface area contributed by atoms with Gasteiger partial charge in [-0.1, -0.05) is 13.3 Å². The lowest BCUT2D eigenvalue weighted by molar-refractivity contribution is -0.120. The Labute approximate surface area is 81.8 Å². The summed E-state index contributed by atoms with van der Waals surface area (Å²) < 4.78 is 5.42. The molecule has 5 heteroatoms. The van der Waals surface area contributed by atoms with Crippen LogP contribution in [-0.2, 0) is 4.79 Å². The highest BCUT2D eigenvalue weighted by Crippen LogP contribution is 2.25. The number of amides is 1. The molecule has 0 aromatic carbocycles. The monoisotopic (exact) mass is 195 g/mol. The first-order chi connectivity index (χ1) is 6.81. The maximum absolute atomic E-state index is 11.6. The average molecular weight is 195 g/mol. The number of anilines is 1. The fourth-order valence-corrected chi connectivity index (χ4v) is 1.53. The number of hydrogen-bond acceptors (Lipinski definition) is 3. The van der Waals surface area contributed by atoms with Gasteiger partial charge in [-0.2, -0.15) is 5.10 Å². The molecule has 0 saturated heterocycles. The highest BCUT2D eigenvalue weighted by atomic mass is 16.5. The van der Waals surface area contributed by atoms with Crippen LogP contribution in [0.25, 0.3) is 0 Å². The molecule has 2 rings (SSSR count). The zero-order valence-electron chi connectivity index (χ0n) is 8.04. The van der Waals surface area contributed by atoms with Crippen molar-refractivity contribution in [3.63, 3.8) is 0 Å². The molecule has 0 unspecified atom stereocenters. The van der Waals surface area contributed by atoms with Crippen molar-refractivity contribution in [2.45, 2.75) is 19.8 Å². The highest BCUT2D eigenvalue weighted by Gasteiger charge is 2.24. The van der Waals surface area contributed by atoms with Crippen LogP contribution in [0.2, 0.25) is 0 Å². The van der Waals surface area contributed by atoms with E-state index >= 15 is 0 Å². The maximum atomic E-state index is 11.6. The van der Waals surface area contributed by atoms with Gasteiger partial charge in [-0.3, -0.25) is 4.79 Å². The average Bonchev–Trinajstić information content (AvgIpc) is 2.54. The van der Waals surface area contributed by atoms with E-state index in [2.05, 4.69) is 22.4 Å². The van der Waals surface area contributed by atoms with Crippen LogP contribution in [-0.4, -0.2) is 22.7 Å². The van der Waals surface area contributed by atoms with E-state index in [-0.39, 0.29) is 11.8 Å². The number of H-pyrrole nitrogens is 1. The molecule has 1 aromatic heterocycles. The molecule has 1 atom stereocenters. The van der Waals surface area contributed by atoms with Crippen molar-refractivity contribution in [1.82, 2.24) is 10.2 Å². The van der Waals surface area contributed by atoms with Crippen LogP contribution in [0.15, 0.2) is 6.20 Å². The number of aromatic nitrogens is 2. The van der Waals surface area contributed by atoms with E-state index < -0.39 is 0 Å². The van der Waals surface area contributed by atoms with E-state index in [4.69, 9.17) is 4.74 Å². The van der Waals surface area contributed by atoms with E-state index in [1.807, 2.05) is 0 Å². The smallest absolute Gasteiger partial charge is 0.233 e. The van der Waals surface area contributed by atoms with Gasteiger partial charge in [0.15, 0.2) is 0 Å². The Morgan fingerprint density at radius 1 is 1.71 bits per heavy atom. The Morgan fingerprint density at radius 3 is 3.36 bits per heavy atom. The van der Waals surface area contributed by atoms with Gasteiger partial charge in [0, 0.05) is 0 Å². The van der Waals surface area contributed by atoms with Crippen molar-refractivity contribution < 1.29 is 9.53 Å². The minimum atomic E-state index is -0.0548. The largest absolute Gasteiger partial charge is 0.476 e. The number of nitrogens with zero attached hydrogens (tertiary/aromatic N) is 1. The van der Waals surface area contributed by atoms with Crippen molar-refractivity contribution in [2.24, 2.45) is 5.92 Å². The normalized spacial score (nSPS) is 20.6. The number of hydrogen-bond donors (Lipinski definition) is 2. The zero-order valence-corrected chi connectivity index (χ0v) is 8.04. The van der Waals surface area contributed by atoms with Crippen LogP contribution in [0.3, 0.4) is 0 Å². The van der Waals surface area contributed by atoms with E-state index in [0.29, 0.717) is 18.2 Å². The second kappa shape index (κ2) is 3.69. The fraction of sp³-hybridized carbons (Fsp3) is 0.556. The second-order valence-corrected chi connectivity index (χ2v) is 3.40. The van der Waals surface area contributed by atoms with Gasteiger partial charge in [0.25, 0.3) is 0 Å². The predicted molar refractivity (Wildman–Crippen MR) is 51.1 cm³/mol. The topological polar surface area (TPSA) is 67.0 Å². The number of nitrogens with one attached hydrogen (secondary N) is 2. The Kier molecular flexibility index (Phi) is 2.39. The zero-order chi connectivity index (χ0) is 9.97. The molecule has 0 saturated carbocycles. The summed E-state index contributed by atoms with van der Waals surface area (Å²) in [4.78, 5) is 11.6. The van der Waals surface area contributed by atoms with Gasteiger partial charge in [-0.15, -0.1) is 0 Å². The van der Waals surface area contributed by atoms with Gasteiger partial charge >= 0.3 is 0 Å². The minimum absolute atomic E-state index is 0.0204. The van der Waals surface area contributed by atoms with Crippen LogP contribution in [0.1, 0.15) is 19.8 Å². The van der Waals surface area contributed by atoms with Gasteiger partial charge in [0.1, 0.15) is 12.3 Å². The molecular weight excluding hydrogens is 182 g/mol. The Hall–Kier alpha value is -1.52. The molecule has 0 radical (unpaired) electrons. The van der Waals surface area contributed by atoms with Gasteiger partial charge < -0.3 is 10.1 Å². The summed E-state index contributed by atoms with van der Waals surface area (Å²) in [6.45, 7) is 2.48. The van der Waals surface area contributed by atoms with E-state index in [1.54, 1.807) is 6.20 Å². The Balaban J connectivity index is 2.13. The summed E-state index contributed by atoms with van der Waals surface area (Å²) in [5.41, 5.74) is 0.633. The number of rotatable bonds is 2. The standard InChI is InChI=1S/C9H13N3O2/c1-2-3-6-5-14-9-7(4-10-12-9)11-8(6)13/h4,6H,2-3,5H2,1H3,(H,10,12)(H,11,13)/t6-/m0/s1. The molecule has 1 aliphatic rings. The maximum Gasteiger partial charge on any atom is 0.233 e. The molecule has 0 aliphatic carbocycles. The lowest BCUT2D eigenvalue weighted by Gasteiger charge is -2.10. The predicted octanol–water partition coefficient (Wildman–Crippen LogP) is 1.16. The van der Waals surface area contributed by atoms with Crippen LogP contribution >= 0.6 is 0 Å². The van der Waals surface area contributed by atoms with Crippen LogP contribution in [0.4, 0.5) is 5.69 Å². The first kappa shape index (κ1) is 9.05. The molecule has 1 aromatic rings. The number of fused-ring (bicyclic) bond motifs is 1. The van der Waals surface area contributed by atoms with Crippen molar-refractivity contribution in [2.75, 3.05) is 11.9 Å². The number of aromatic amines is 1. The van der Waals surface area contributed by atoms with Crippen molar-refractivity contribution in [3.05, 3.63) is 6.20 Å². The van der Waals surface area contributed by atoms with Gasteiger partial charge in [0.2, 0.25) is 11.8 Å². The summed E-state index contributed by atoms with van der Waals surface area (Å²) in [5, 5.41) is 9.26. The van der Waals surface area contributed by atoms with E-state index in [0.717, 1.165) is 12.8 Å². The van der Waals surface area contributed by atoms with Gasteiger partial charge in [0.05, 0.1) is 12.1 Å². The molecule has 5 nitrogen and oxygen atoms in total. The molecule has 0 bridgehead atoms. The molecule has 0 fully saturated rings. The van der Waals surface area contributed by atoms with E-state index in [9.17, 15) is 4.79 Å². The first-order valence-corrected chi connectivity index (χ1v) is 4.78. The third kappa shape index (κ3) is 1.57. The number of carbonyl (C=O) groups excluding carboxylic acids is 1. The first-order valence-electron chi connectivity index (χ1n) is 4.78. The summed E-state index contributed by atoms with van der Waals surface area (Å²) in [6.07, 6.45) is 3.39. The lowest BCUT2D eigenvalue weighted by atomic mass is 10.0. The van der Waals surface area contributed by atoms with Crippen molar-refractivity contribution in [1.29, 1.82) is 0 Å². The molecule has 2 N–H and O–H groups in total. The SMILES string of the molecule is CCC[C@H]1COc2[nH]ncc2NC1=O. The molecule has 1 aliphatic heterocycles. The van der Waals surface area contributed by atoms with Crippen molar-refractivity contribution in [3.8, 4) is 5.88 Å². The minimum Gasteiger partial charge on any atom is -0.476 e. The molecule has 0 spiro atoms. The Bertz CT molecular complexity index is 335. The number of ether oxygens (including phenoxy) is 1. The second-order valence-electron chi connectivity index (χ2n) is 3.40.